The van der Waals surface area contributed by atoms with Gasteiger partial charge in [0.05, 0.1) is 6.54 Å². The van der Waals surface area contributed by atoms with Crippen LogP contribution in [0.4, 0.5) is 0 Å². The first kappa shape index (κ1) is 25.1. The van der Waals surface area contributed by atoms with Crippen molar-refractivity contribution in [1.82, 2.24) is 30.1 Å². The second-order valence-corrected chi connectivity index (χ2v) is 7.15. The van der Waals surface area contributed by atoms with Crippen molar-refractivity contribution in [2.75, 3.05) is 27.2 Å². The van der Waals surface area contributed by atoms with E-state index in [1.807, 2.05) is 28.8 Å². The SMILES string of the molecule is CCCCC(CC)CNC(=NCc1nnc2ccccn12)NCC(=O)N(C)C.I. The first-order valence-electron chi connectivity index (χ1n) is 10.1. The van der Waals surface area contributed by atoms with E-state index < -0.39 is 0 Å². The fourth-order valence-electron chi connectivity index (χ4n) is 2.82. The van der Waals surface area contributed by atoms with E-state index in [4.69, 9.17) is 0 Å². The number of unbranched alkanes of at least 4 members (excludes halogenated alkanes) is 1. The van der Waals surface area contributed by atoms with Crippen molar-refractivity contribution in [1.29, 1.82) is 0 Å². The maximum absolute atomic E-state index is 11.9. The molecule has 9 heteroatoms. The molecule has 2 N–H and O–H groups in total. The van der Waals surface area contributed by atoms with Gasteiger partial charge in [-0.25, -0.2) is 4.99 Å². The van der Waals surface area contributed by atoms with E-state index in [2.05, 4.69) is 39.7 Å². The number of aliphatic imine (C=N–C) groups is 1. The van der Waals surface area contributed by atoms with Gasteiger partial charge in [-0.15, -0.1) is 34.2 Å². The van der Waals surface area contributed by atoms with Gasteiger partial charge in [-0.1, -0.05) is 39.2 Å². The molecule has 0 radical (unpaired) electrons. The fraction of sp³-hybridized carbons (Fsp3) is 0.600. The topological polar surface area (TPSA) is 86.9 Å². The van der Waals surface area contributed by atoms with Gasteiger partial charge >= 0.3 is 0 Å². The monoisotopic (exact) mass is 515 g/mol. The van der Waals surface area contributed by atoms with Crippen LogP contribution >= 0.6 is 24.0 Å². The van der Waals surface area contributed by atoms with Gasteiger partial charge in [-0.05, 0) is 24.5 Å². The molecule has 0 bridgehead atoms. The first-order valence-corrected chi connectivity index (χ1v) is 10.1. The summed E-state index contributed by atoms with van der Waals surface area (Å²) in [5.41, 5.74) is 0.795. The number of carbonyl (C=O) groups is 1. The molecule has 2 aromatic rings. The van der Waals surface area contributed by atoms with E-state index in [1.54, 1.807) is 19.0 Å². The van der Waals surface area contributed by atoms with Gasteiger partial charge in [0.2, 0.25) is 5.91 Å². The van der Waals surface area contributed by atoms with Crippen molar-refractivity contribution in [3.63, 3.8) is 0 Å². The van der Waals surface area contributed by atoms with Crippen molar-refractivity contribution >= 4 is 41.5 Å². The van der Waals surface area contributed by atoms with Crippen LogP contribution in [0.2, 0.25) is 0 Å². The van der Waals surface area contributed by atoms with Crippen molar-refractivity contribution < 1.29 is 4.79 Å². The zero-order valence-corrected chi connectivity index (χ0v) is 20.2. The molecule has 0 aliphatic carbocycles. The van der Waals surface area contributed by atoms with Crippen LogP contribution in [0, 0.1) is 5.92 Å². The molecule has 0 aliphatic heterocycles. The molecule has 2 aromatic heterocycles. The Morgan fingerprint density at radius 3 is 2.72 bits per heavy atom. The van der Waals surface area contributed by atoms with Gasteiger partial charge in [-0.3, -0.25) is 9.20 Å². The lowest BCUT2D eigenvalue weighted by Crippen LogP contribution is -2.44. The lowest BCUT2D eigenvalue weighted by molar-refractivity contribution is -0.127. The van der Waals surface area contributed by atoms with Crippen LogP contribution in [-0.4, -0.2) is 58.5 Å². The molecule has 0 aromatic carbocycles. The Labute approximate surface area is 190 Å². The number of likely N-dealkylation sites (N-methyl/N-ethyl adjacent to an activating group) is 1. The predicted octanol–water partition coefficient (Wildman–Crippen LogP) is 2.69. The van der Waals surface area contributed by atoms with Crippen LogP contribution in [0.1, 0.15) is 45.4 Å². The van der Waals surface area contributed by atoms with Crippen LogP contribution in [-0.2, 0) is 11.3 Å². The average Bonchev–Trinajstić information content (AvgIpc) is 3.12. The maximum Gasteiger partial charge on any atom is 0.241 e. The van der Waals surface area contributed by atoms with Crippen LogP contribution in [0.3, 0.4) is 0 Å². The van der Waals surface area contributed by atoms with Gasteiger partial charge in [0.25, 0.3) is 0 Å². The molecule has 29 heavy (non-hydrogen) atoms. The van der Waals surface area contributed by atoms with E-state index in [1.165, 1.54) is 19.3 Å². The summed E-state index contributed by atoms with van der Waals surface area (Å²) in [4.78, 5) is 18.1. The van der Waals surface area contributed by atoms with E-state index in [-0.39, 0.29) is 36.4 Å². The van der Waals surface area contributed by atoms with E-state index in [0.29, 0.717) is 18.4 Å². The number of halogens is 1. The van der Waals surface area contributed by atoms with Crippen LogP contribution in [0.5, 0.6) is 0 Å². The van der Waals surface area contributed by atoms with Crippen LogP contribution in [0.25, 0.3) is 5.65 Å². The molecule has 2 rings (SSSR count). The van der Waals surface area contributed by atoms with Gasteiger partial charge in [-0.2, -0.15) is 0 Å². The number of nitrogens with zero attached hydrogens (tertiary/aromatic N) is 5. The summed E-state index contributed by atoms with van der Waals surface area (Å²) in [6.45, 7) is 5.83. The smallest absolute Gasteiger partial charge is 0.241 e. The number of aromatic nitrogens is 3. The number of hydrogen-bond donors (Lipinski definition) is 2. The summed E-state index contributed by atoms with van der Waals surface area (Å²) >= 11 is 0. The quantitative estimate of drug-likeness (QED) is 0.289. The Hall–Kier alpha value is -1.91. The molecule has 1 amide bonds. The minimum atomic E-state index is 0. The Morgan fingerprint density at radius 1 is 1.24 bits per heavy atom. The summed E-state index contributed by atoms with van der Waals surface area (Å²) in [5, 5.41) is 14.9. The summed E-state index contributed by atoms with van der Waals surface area (Å²) < 4.78 is 1.92. The number of guanidine groups is 1. The molecule has 8 nitrogen and oxygen atoms in total. The molecular formula is C20H34IN7O. The first-order chi connectivity index (χ1) is 13.5. The number of amides is 1. The zero-order valence-electron chi connectivity index (χ0n) is 17.9. The van der Waals surface area contributed by atoms with Crippen molar-refractivity contribution in [2.24, 2.45) is 10.9 Å². The predicted molar refractivity (Wildman–Crippen MR) is 128 cm³/mol. The van der Waals surface area contributed by atoms with Gasteiger partial charge < -0.3 is 15.5 Å². The number of pyridine rings is 1. The molecule has 1 atom stereocenters. The molecule has 162 valence electrons. The van der Waals surface area contributed by atoms with Gasteiger partial charge in [0.15, 0.2) is 17.4 Å². The third-order valence-corrected chi connectivity index (χ3v) is 4.77. The highest BCUT2D eigenvalue weighted by molar-refractivity contribution is 14.0. The molecule has 0 fully saturated rings. The highest BCUT2D eigenvalue weighted by Crippen LogP contribution is 2.11. The Bertz CT molecular complexity index is 775. The van der Waals surface area contributed by atoms with E-state index in [9.17, 15) is 4.79 Å². The van der Waals surface area contributed by atoms with E-state index >= 15 is 0 Å². The molecule has 0 saturated heterocycles. The molecule has 0 saturated carbocycles. The average molecular weight is 515 g/mol. The summed E-state index contributed by atoms with van der Waals surface area (Å²) in [7, 11) is 3.49. The standard InChI is InChI=1S/C20H33N7O.HI/c1-5-7-10-16(6-2)13-21-20(23-15-19(28)26(3)4)22-14-18-25-24-17-11-8-9-12-27(17)18;/h8-9,11-12,16H,5-7,10,13-15H2,1-4H3,(H2,21,22,23);1H. The molecule has 0 aliphatic rings. The number of rotatable bonds is 10. The highest BCUT2D eigenvalue weighted by atomic mass is 127. The molecule has 1 unspecified atom stereocenters. The highest BCUT2D eigenvalue weighted by Gasteiger charge is 2.10. The zero-order chi connectivity index (χ0) is 20.4. The molecule has 0 spiro atoms. The Morgan fingerprint density at radius 2 is 2.03 bits per heavy atom. The van der Waals surface area contributed by atoms with Crippen LogP contribution in [0.15, 0.2) is 29.4 Å². The number of carbonyl (C=O) groups excluding carboxylic acids is 1. The van der Waals surface area contributed by atoms with Crippen molar-refractivity contribution in [3.05, 3.63) is 30.2 Å². The fourth-order valence-corrected chi connectivity index (χ4v) is 2.82. The second-order valence-electron chi connectivity index (χ2n) is 7.15. The normalized spacial score (nSPS) is 12.3. The summed E-state index contributed by atoms with van der Waals surface area (Å²) in [6.07, 6.45) is 6.66. The second kappa shape index (κ2) is 13.3. The summed E-state index contributed by atoms with van der Waals surface area (Å²) in [5.74, 6) is 1.97. The Kier molecular flexibility index (Phi) is 11.6. The number of nitrogens with one attached hydrogen (secondary N) is 2. The third kappa shape index (κ3) is 8.15. The van der Waals surface area contributed by atoms with Gasteiger partial charge in [0, 0.05) is 26.8 Å². The lowest BCUT2D eigenvalue weighted by Gasteiger charge is -2.19. The van der Waals surface area contributed by atoms with Crippen LogP contribution < -0.4 is 10.6 Å². The van der Waals surface area contributed by atoms with Crippen molar-refractivity contribution in [3.8, 4) is 0 Å². The Balaban J connectivity index is 0.00000420. The van der Waals surface area contributed by atoms with Crippen molar-refractivity contribution in [2.45, 2.75) is 46.1 Å². The maximum atomic E-state index is 11.9. The largest absolute Gasteiger partial charge is 0.356 e. The number of hydrogen-bond acceptors (Lipinski definition) is 4. The van der Waals surface area contributed by atoms with E-state index in [0.717, 1.165) is 24.4 Å². The molecular weight excluding hydrogens is 481 g/mol. The minimum Gasteiger partial charge on any atom is -0.356 e. The van der Waals surface area contributed by atoms with Gasteiger partial charge in [0.1, 0.15) is 6.54 Å². The third-order valence-electron chi connectivity index (χ3n) is 4.77. The lowest BCUT2D eigenvalue weighted by atomic mass is 9.99. The number of fused-ring (bicyclic) bond motifs is 1. The minimum absolute atomic E-state index is 0. The summed E-state index contributed by atoms with van der Waals surface area (Å²) in [6, 6.07) is 5.78. The molecule has 2 heterocycles.